The van der Waals surface area contributed by atoms with Crippen molar-refractivity contribution in [2.24, 2.45) is 17.6 Å². The van der Waals surface area contributed by atoms with Crippen molar-refractivity contribution >= 4 is 15.9 Å². The molecule has 0 bridgehead atoms. The van der Waals surface area contributed by atoms with E-state index in [0.29, 0.717) is 0 Å². The predicted octanol–water partition coefficient (Wildman–Crippen LogP) is 3.37. The van der Waals surface area contributed by atoms with Crippen molar-refractivity contribution in [2.45, 2.75) is 25.7 Å². The molecule has 0 aliphatic heterocycles. The normalized spacial score (nSPS) is 25.7. The van der Waals surface area contributed by atoms with E-state index in [-0.39, 0.29) is 0 Å². The van der Waals surface area contributed by atoms with Crippen molar-refractivity contribution in [1.82, 2.24) is 0 Å². The topological polar surface area (TPSA) is 26.0 Å². The molecule has 0 aromatic heterocycles. The Labute approximate surface area is 100 Å². The van der Waals surface area contributed by atoms with E-state index in [9.17, 15) is 0 Å². The van der Waals surface area contributed by atoms with Gasteiger partial charge in [-0.3, -0.25) is 0 Å². The summed E-state index contributed by atoms with van der Waals surface area (Å²) in [5.74, 6) is 1.55. The van der Waals surface area contributed by atoms with Gasteiger partial charge < -0.3 is 5.73 Å². The molecule has 2 atom stereocenters. The Balaban J connectivity index is 2.05. The van der Waals surface area contributed by atoms with Gasteiger partial charge in [-0.15, -0.1) is 0 Å². The van der Waals surface area contributed by atoms with Gasteiger partial charge in [-0.25, -0.2) is 0 Å². The van der Waals surface area contributed by atoms with Crippen molar-refractivity contribution in [3.05, 3.63) is 34.3 Å². The average molecular weight is 268 g/mol. The van der Waals surface area contributed by atoms with E-state index >= 15 is 0 Å². The Morgan fingerprint density at radius 2 is 1.93 bits per heavy atom. The summed E-state index contributed by atoms with van der Waals surface area (Å²) in [4.78, 5) is 0. The second kappa shape index (κ2) is 5.13. The lowest BCUT2D eigenvalue weighted by molar-refractivity contribution is 0.394. The first-order valence-electron chi connectivity index (χ1n) is 5.74. The van der Waals surface area contributed by atoms with Gasteiger partial charge in [-0.05, 0) is 49.3 Å². The van der Waals surface area contributed by atoms with Crippen LogP contribution in [-0.2, 0) is 6.42 Å². The van der Waals surface area contributed by atoms with E-state index in [1.165, 1.54) is 35.7 Å². The van der Waals surface area contributed by atoms with Gasteiger partial charge in [0.05, 0.1) is 0 Å². The molecule has 0 spiro atoms. The molecule has 82 valence electrons. The first-order chi connectivity index (χ1) is 7.31. The largest absolute Gasteiger partial charge is 0.330 e. The van der Waals surface area contributed by atoms with E-state index in [0.717, 1.165) is 18.4 Å². The van der Waals surface area contributed by atoms with Crippen molar-refractivity contribution in [3.8, 4) is 0 Å². The summed E-state index contributed by atoms with van der Waals surface area (Å²) in [6.45, 7) is 0.856. The van der Waals surface area contributed by atoms with Crippen LogP contribution in [0.2, 0.25) is 0 Å². The van der Waals surface area contributed by atoms with E-state index in [1.54, 1.807) is 0 Å². The Morgan fingerprint density at radius 3 is 2.67 bits per heavy atom. The highest BCUT2D eigenvalue weighted by Crippen LogP contribution is 2.34. The summed E-state index contributed by atoms with van der Waals surface area (Å²) in [7, 11) is 0. The van der Waals surface area contributed by atoms with Crippen molar-refractivity contribution in [1.29, 1.82) is 0 Å². The molecule has 1 nitrogen and oxygen atoms in total. The minimum absolute atomic E-state index is 0.747. The summed E-state index contributed by atoms with van der Waals surface area (Å²) in [6.07, 6.45) is 5.22. The van der Waals surface area contributed by atoms with Crippen LogP contribution in [-0.4, -0.2) is 6.54 Å². The molecule has 2 heteroatoms. The zero-order valence-electron chi connectivity index (χ0n) is 8.95. The zero-order chi connectivity index (χ0) is 10.7. The summed E-state index contributed by atoms with van der Waals surface area (Å²) in [6, 6.07) is 8.53. The first kappa shape index (κ1) is 11.2. The molecule has 0 radical (unpaired) electrons. The second-order valence-corrected chi connectivity index (χ2v) is 5.34. The van der Waals surface area contributed by atoms with Crippen LogP contribution in [0.25, 0.3) is 0 Å². The number of benzene rings is 1. The summed E-state index contributed by atoms with van der Waals surface area (Å²) < 4.78 is 1.24. The SMILES string of the molecule is NCC1CCCC1Cc1ccccc1Br. The number of hydrogen-bond acceptors (Lipinski definition) is 1. The maximum Gasteiger partial charge on any atom is 0.0207 e. The maximum atomic E-state index is 5.80. The fraction of sp³-hybridized carbons (Fsp3) is 0.538. The Bertz CT molecular complexity index is 324. The maximum absolute atomic E-state index is 5.80. The molecule has 1 fully saturated rings. The lowest BCUT2D eigenvalue weighted by atomic mass is 9.90. The van der Waals surface area contributed by atoms with E-state index in [4.69, 9.17) is 5.73 Å². The Kier molecular flexibility index (Phi) is 3.81. The van der Waals surface area contributed by atoms with Gasteiger partial charge in [0.2, 0.25) is 0 Å². The predicted molar refractivity (Wildman–Crippen MR) is 67.7 cm³/mol. The highest BCUT2D eigenvalue weighted by Gasteiger charge is 2.26. The molecular formula is C13H18BrN. The van der Waals surface area contributed by atoms with Gasteiger partial charge in [-0.1, -0.05) is 40.5 Å². The monoisotopic (exact) mass is 267 g/mol. The minimum Gasteiger partial charge on any atom is -0.330 e. The molecule has 0 amide bonds. The third kappa shape index (κ3) is 2.61. The van der Waals surface area contributed by atoms with Gasteiger partial charge >= 0.3 is 0 Å². The molecular weight excluding hydrogens is 250 g/mol. The first-order valence-corrected chi connectivity index (χ1v) is 6.54. The van der Waals surface area contributed by atoms with Crippen LogP contribution in [0.3, 0.4) is 0 Å². The van der Waals surface area contributed by atoms with Crippen LogP contribution in [0.5, 0.6) is 0 Å². The van der Waals surface area contributed by atoms with Crippen LogP contribution in [0.4, 0.5) is 0 Å². The molecule has 1 aromatic carbocycles. The van der Waals surface area contributed by atoms with E-state index in [1.807, 2.05) is 0 Å². The zero-order valence-corrected chi connectivity index (χ0v) is 10.5. The fourth-order valence-corrected chi connectivity index (χ4v) is 3.09. The average Bonchev–Trinajstić information content (AvgIpc) is 2.69. The van der Waals surface area contributed by atoms with Crippen LogP contribution >= 0.6 is 15.9 Å². The Hall–Kier alpha value is -0.340. The molecule has 2 unspecified atom stereocenters. The van der Waals surface area contributed by atoms with E-state index < -0.39 is 0 Å². The van der Waals surface area contributed by atoms with E-state index in [2.05, 4.69) is 40.2 Å². The van der Waals surface area contributed by atoms with Crippen molar-refractivity contribution < 1.29 is 0 Å². The second-order valence-electron chi connectivity index (χ2n) is 4.48. The van der Waals surface area contributed by atoms with Crippen molar-refractivity contribution in [3.63, 3.8) is 0 Å². The van der Waals surface area contributed by atoms with Crippen molar-refractivity contribution in [2.75, 3.05) is 6.54 Å². The highest BCUT2D eigenvalue weighted by molar-refractivity contribution is 9.10. The Morgan fingerprint density at radius 1 is 1.20 bits per heavy atom. The highest BCUT2D eigenvalue weighted by atomic mass is 79.9. The third-order valence-electron chi connectivity index (χ3n) is 3.56. The van der Waals surface area contributed by atoms with Crippen LogP contribution < -0.4 is 5.73 Å². The number of rotatable bonds is 3. The number of nitrogens with two attached hydrogens (primary N) is 1. The lowest BCUT2D eigenvalue weighted by Gasteiger charge is -2.18. The van der Waals surface area contributed by atoms with Crippen LogP contribution in [0, 0.1) is 11.8 Å². The fourth-order valence-electron chi connectivity index (χ4n) is 2.64. The molecule has 1 aliphatic rings. The standard InChI is InChI=1S/C13H18BrN/c14-13-7-2-1-4-11(13)8-10-5-3-6-12(10)9-15/h1-2,4,7,10,12H,3,5-6,8-9,15H2. The number of halogens is 1. The molecule has 2 rings (SSSR count). The van der Waals surface area contributed by atoms with Gasteiger partial charge in [0.15, 0.2) is 0 Å². The third-order valence-corrected chi connectivity index (χ3v) is 4.33. The molecule has 1 saturated carbocycles. The van der Waals surface area contributed by atoms with Crippen LogP contribution in [0.1, 0.15) is 24.8 Å². The van der Waals surface area contributed by atoms with Crippen LogP contribution in [0.15, 0.2) is 28.7 Å². The lowest BCUT2D eigenvalue weighted by Crippen LogP contribution is -2.20. The van der Waals surface area contributed by atoms with Gasteiger partial charge in [0.25, 0.3) is 0 Å². The molecule has 0 heterocycles. The van der Waals surface area contributed by atoms with Gasteiger partial charge in [0.1, 0.15) is 0 Å². The summed E-state index contributed by atoms with van der Waals surface area (Å²) in [5.41, 5.74) is 7.24. The minimum atomic E-state index is 0.747. The summed E-state index contributed by atoms with van der Waals surface area (Å²) in [5, 5.41) is 0. The van der Waals surface area contributed by atoms with Gasteiger partial charge in [-0.2, -0.15) is 0 Å². The smallest absolute Gasteiger partial charge is 0.0207 e. The number of hydrogen-bond donors (Lipinski definition) is 1. The molecule has 1 aromatic rings. The summed E-state index contributed by atoms with van der Waals surface area (Å²) >= 11 is 3.61. The molecule has 0 saturated heterocycles. The van der Waals surface area contributed by atoms with Gasteiger partial charge in [0, 0.05) is 4.47 Å². The quantitative estimate of drug-likeness (QED) is 0.893. The molecule has 1 aliphatic carbocycles. The molecule has 2 N–H and O–H groups in total. The molecule has 15 heavy (non-hydrogen) atoms.